The minimum absolute atomic E-state index is 0. The largest absolute Gasteiger partial charge is 0.386 e. The average Bonchev–Trinajstić information content (AvgIpc) is 3.10. The molecule has 0 bridgehead atoms. The van der Waals surface area contributed by atoms with Crippen molar-refractivity contribution in [3.05, 3.63) is 33.8 Å². The van der Waals surface area contributed by atoms with Crippen LogP contribution in [0.3, 0.4) is 0 Å². The fourth-order valence-corrected chi connectivity index (χ4v) is 2.61. The van der Waals surface area contributed by atoms with Crippen molar-refractivity contribution in [3.63, 3.8) is 0 Å². The molecule has 0 spiro atoms. The summed E-state index contributed by atoms with van der Waals surface area (Å²) in [5.74, 6) is 1.42. The predicted molar refractivity (Wildman–Crippen MR) is 104 cm³/mol. The summed E-state index contributed by atoms with van der Waals surface area (Å²) < 4.78 is 0. The lowest BCUT2D eigenvalue weighted by Gasteiger charge is -2.13. The van der Waals surface area contributed by atoms with Crippen LogP contribution < -0.4 is 10.6 Å². The minimum atomic E-state index is -0.728. The van der Waals surface area contributed by atoms with Crippen LogP contribution in [0, 0.1) is 5.92 Å². The molecule has 1 saturated carbocycles. The molecule has 0 radical (unpaired) electrons. The van der Waals surface area contributed by atoms with Gasteiger partial charge in [-0.05, 0) is 43.0 Å². The summed E-state index contributed by atoms with van der Waals surface area (Å²) in [6, 6.07) is 5.54. The summed E-state index contributed by atoms with van der Waals surface area (Å²) in [6.45, 7) is 5.25. The number of guanidine groups is 1. The average molecular weight is 458 g/mol. The van der Waals surface area contributed by atoms with Crippen LogP contribution in [0.15, 0.2) is 23.2 Å². The first kappa shape index (κ1) is 19.8. The van der Waals surface area contributed by atoms with E-state index >= 15 is 0 Å². The Bertz CT molecular complexity index is 507. The lowest BCUT2D eigenvalue weighted by Crippen LogP contribution is -2.39. The summed E-state index contributed by atoms with van der Waals surface area (Å²) in [4.78, 5) is 4.42. The van der Waals surface area contributed by atoms with Crippen LogP contribution in [-0.2, 0) is 0 Å². The highest BCUT2D eigenvalue weighted by Gasteiger charge is 2.33. The smallest absolute Gasteiger partial charge is 0.191 e. The molecule has 3 unspecified atom stereocenters. The van der Waals surface area contributed by atoms with Crippen LogP contribution in [-0.4, -0.2) is 30.2 Å². The number of nitrogens with one attached hydrogen (secondary N) is 2. The van der Waals surface area contributed by atoms with Gasteiger partial charge in [0.15, 0.2) is 5.96 Å². The summed E-state index contributed by atoms with van der Waals surface area (Å²) in [5, 5.41) is 17.8. The molecule has 0 heterocycles. The van der Waals surface area contributed by atoms with Crippen molar-refractivity contribution in [2.45, 2.75) is 32.4 Å². The van der Waals surface area contributed by atoms with E-state index in [9.17, 15) is 5.11 Å². The van der Waals surface area contributed by atoms with E-state index in [1.54, 1.807) is 18.2 Å². The summed E-state index contributed by atoms with van der Waals surface area (Å²) in [7, 11) is 0. The molecule has 0 aliphatic heterocycles. The Hall–Kier alpha value is -0.240. The highest BCUT2D eigenvalue weighted by molar-refractivity contribution is 14.0. The van der Waals surface area contributed by atoms with Crippen molar-refractivity contribution in [2.24, 2.45) is 10.9 Å². The second-order valence-electron chi connectivity index (χ2n) is 5.40. The van der Waals surface area contributed by atoms with Gasteiger partial charge in [-0.3, -0.25) is 4.99 Å². The van der Waals surface area contributed by atoms with E-state index in [2.05, 4.69) is 22.5 Å². The zero-order chi connectivity index (χ0) is 15.4. The summed E-state index contributed by atoms with van der Waals surface area (Å²) in [5.41, 5.74) is 0.673. The lowest BCUT2D eigenvalue weighted by molar-refractivity contribution is 0.187. The molecule has 3 atom stereocenters. The third kappa shape index (κ3) is 6.10. The van der Waals surface area contributed by atoms with Gasteiger partial charge in [0.1, 0.15) is 0 Å². The molecule has 0 saturated heterocycles. The molecule has 22 heavy (non-hydrogen) atoms. The molecular weight excluding hydrogens is 436 g/mol. The minimum Gasteiger partial charge on any atom is -0.386 e. The van der Waals surface area contributed by atoms with Gasteiger partial charge < -0.3 is 15.7 Å². The highest BCUT2D eigenvalue weighted by atomic mass is 127. The van der Waals surface area contributed by atoms with Crippen LogP contribution in [0.25, 0.3) is 0 Å². The van der Waals surface area contributed by atoms with E-state index in [0.717, 1.165) is 18.9 Å². The predicted octanol–water partition coefficient (Wildman–Crippen LogP) is 3.61. The molecular formula is C15H22Cl2IN3O. The number of halogens is 3. The van der Waals surface area contributed by atoms with Gasteiger partial charge in [-0.1, -0.05) is 30.1 Å². The molecule has 1 aromatic rings. The molecule has 4 nitrogen and oxygen atoms in total. The molecule has 1 aliphatic carbocycles. The van der Waals surface area contributed by atoms with Gasteiger partial charge in [-0.15, -0.1) is 24.0 Å². The number of aliphatic hydroxyl groups excluding tert-OH is 1. The highest BCUT2D eigenvalue weighted by Crippen LogP contribution is 2.29. The zero-order valence-electron chi connectivity index (χ0n) is 12.6. The van der Waals surface area contributed by atoms with E-state index in [1.807, 2.05) is 6.92 Å². The van der Waals surface area contributed by atoms with Gasteiger partial charge in [0.2, 0.25) is 0 Å². The van der Waals surface area contributed by atoms with Crippen LogP contribution in [0.5, 0.6) is 0 Å². The summed E-state index contributed by atoms with van der Waals surface area (Å²) >= 11 is 11.9. The van der Waals surface area contributed by atoms with Crippen molar-refractivity contribution in [3.8, 4) is 0 Å². The summed E-state index contributed by atoms with van der Waals surface area (Å²) in [6.07, 6.45) is 0.435. The Labute approximate surface area is 158 Å². The van der Waals surface area contributed by atoms with E-state index in [-0.39, 0.29) is 30.5 Å². The number of aliphatic hydroxyl groups is 1. The topological polar surface area (TPSA) is 56.7 Å². The first-order valence-corrected chi connectivity index (χ1v) is 7.94. The third-order valence-electron chi connectivity index (χ3n) is 3.47. The Morgan fingerprint density at radius 2 is 1.95 bits per heavy atom. The Balaban J connectivity index is 0.00000242. The maximum Gasteiger partial charge on any atom is 0.191 e. The maximum absolute atomic E-state index is 10.2. The molecule has 124 valence electrons. The molecule has 3 N–H and O–H groups in total. The molecule has 1 aliphatic rings. The monoisotopic (exact) mass is 457 g/mol. The SMILES string of the molecule is CCNC(=NCC(O)c1cc(Cl)cc(Cl)c1)NC1CC1C.I. The van der Waals surface area contributed by atoms with Crippen LogP contribution in [0.4, 0.5) is 0 Å². The standard InChI is InChI=1S/C15H21Cl2N3O.HI/c1-3-18-15(20-13-4-9(13)2)19-8-14(21)10-5-11(16)7-12(17)6-10;/h5-7,9,13-14,21H,3-4,8H2,1-2H3,(H2,18,19,20);1H. The quantitative estimate of drug-likeness (QED) is 0.359. The number of rotatable bonds is 5. The van der Waals surface area contributed by atoms with E-state index < -0.39 is 6.10 Å². The molecule has 1 fully saturated rings. The number of hydrogen-bond acceptors (Lipinski definition) is 2. The van der Waals surface area contributed by atoms with Crippen LogP contribution in [0.1, 0.15) is 31.9 Å². The molecule has 1 aromatic carbocycles. The van der Waals surface area contributed by atoms with Crippen molar-refractivity contribution in [1.82, 2.24) is 10.6 Å². The van der Waals surface area contributed by atoms with Crippen molar-refractivity contribution in [1.29, 1.82) is 0 Å². The van der Waals surface area contributed by atoms with Crippen molar-refractivity contribution < 1.29 is 5.11 Å². The second kappa shape index (κ2) is 9.15. The van der Waals surface area contributed by atoms with Crippen molar-refractivity contribution in [2.75, 3.05) is 13.1 Å². The number of nitrogens with zero attached hydrogens (tertiary/aromatic N) is 1. The molecule has 0 amide bonds. The van der Waals surface area contributed by atoms with E-state index in [4.69, 9.17) is 23.2 Å². The normalized spacial score (nSPS) is 21.8. The number of benzene rings is 1. The van der Waals surface area contributed by atoms with Gasteiger partial charge in [0.05, 0.1) is 12.6 Å². The maximum atomic E-state index is 10.2. The first-order valence-electron chi connectivity index (χ1n) is 7.18. The van der Waals surface area contributed by atoms with Gasteiger partial charge in [-0.2, -0.15) is 0 Å². The zero-order valence-corrected chi connectivity index (χ0v) is 16.5. The second-order valence-corrected chi connectivity index (χ2v) is 6.27. The first-order chi connectivity index (χ1) is 9.99. The third-order valence-corrected chi connectivity index (χ3v) is 3.90. The molecule has 2 rings (SSSR count). The van der Waals surface area contributed by atoms with Gasteiger partial charge in [-0.25, -0.2) is 0 Å². The fourth-order valence-electron chi connectivity index (χ4n) is 2.07. The Kier molecular flexibility index (Phi) is 8.24. The Morgan fingerprint density at radius 1 is 1.36 bits per heavy atom. The molecule has 7 heteroatoms. The van der Waals surface area contributed by atoms with Gasteiger partial charge >= 0.3 is 0 Å². The van der Waals surface area contributed by atoms with Crippen LogP contribution >= 0.6 is 47.2 Å². The van der Waals surface area contributed by atoms with Gasteiger partial charge in [0, 0.05) is 22.6 Å². The number of hydrogen-bond donors (Lipinski definition) is 3. The van der Waals surface area contributed by atoms with Crippen LogP contribution in [0.2, 0.25) is 10.0 Å². The molecule has 0 aromatic heterocycles. The number of aliphatic imine (C=N–C) groups is 1. The van der Waals surface area contributed by atoms with Gasteiger partial charge in [0.25, 0.3) is 0 Å². The van der Waals surface area contributed by atoms with Crippen molar-refractivity contribution >= 4 is 53.1 Å². The fraction of sp³-hybridized carbons (Fsp3) is 0.533. The lowest BCUT2D eigenvalue weighted by atomic mass is 10.1. The van der Waals surface area contributed by atoms with E-state index in [0.29, 0.717) is 27.6 Å². The Morgan fingerprint density at radius 3 is 2.45 bits per heavy atom. The van der Waals surface area contributed by atoms with E-state index in [1.165, 1.54) is 0 Å².